The van der Waals surface area contributed by atoms with E-state index in [-0.39, 0.29) is 5.91 Å². The molecule has 5 nitrogen and oxygen atoms in total. The molecule has 0 unspecified atom stereocenters. The van der Waals surface area contributed by atoms with Gasteiger partial charge in [-0.2, -0.15) is 5.10 Å². The Morgan fingerprint density at radius 1 is 1.21 bits per heavy atom. The van der Waals surface area contributed by atoms with Crippen molar-refractivity contribution in [2.24, 2.45) is 5.92 Å². The minimum atomic E-state index is 0.127. The Hall–Kier alpha value is -2.05. The van der Waals surface area contributed by atoms with Crippen molar-refractivity contribution in [2.75, 3.05) is 31.1 Å². The van der Waals surface area contributed by atoms with Crippen molar-refractivity contribution in [3.8, 4) is 0 Å². The van der Waals surface area contributed by atoms with Gasteiger partial charge in [-0.25, -0.2) is 0 Å². The Labute approximate surface area is 174 Å². The lowest BCUT2D eigenvalue weighted by atomic mass is 10.2. The van der Waals surface area contributed by atoms with E-state index in [0.717, 1.165) is 64.2 Å². The molecule has 1 aliphatic heterocycles. The van der Waals surface area contributed by atoms with E-state index >= 15 is 0 Å². The van der Waals surface area contributed by atoms with E-state index in [0.29, 0.717) is 5.92 Å². The number of thiophene rings is 1. The summed E-state index contributed by atoms with van der Waals surface area (Å²) in [5.74, 6) is 0.644. The topological polar surface area (TPSA) is 41.4 Å². The van der Waals surface area contributed by atoms with Gasteiger partial charge in [0.15, 0.2) is 0 Å². The summed E-state index contributed by atoms with van der Waals surface area (Å²) in [6.07, 6.45) is 0. The quantitative estimate of drug-likeness (QED) is 0.620. The number of nitrogens with zero attached hydrogens (tertiary/aromatic N) is 4. The number of piperazine rings is 1. The normalized spacial score (nSPS) is 15.0. The van der Waals surface area contributed by atoms with Crippen LogP contribution in [0.25, 0.3) is 10.2 Å². The first-order valence-electron chi connectivity index (χ1n) is 9.69. The summed E-state index contributed by atoms with van der Waals surface area (Å²) in [6.45, 7) is 10.3. The number of fused-ring (bicyclic) bond motifs is 1. The lowest BCUT2D eigenvalue weighted by Crippen LogP contribution is -2.48. The number of aromatic nitrogens is 2. The predicted molar refractivity (Wildman–Crippen MR) is 117 cm³/mol. The molecule has 2 aromatic heterocycles. The van der Waals surface area contributed by atoms with Crippen LogP contribution in [0.3, 0.4) is 0 Å². The molecule has 0 spiro atoms. The average molecular weight is 417 g/mol. The molecule has 1 amide bonds. The van der Waals surface area contributed by atoms with Gasteiger partial charge >= 0.3 is 0 Å². The third-order valence-corrected chi connectivity index (χ3v) is 6.47. The van der Waals surface area contributed by atoms with Crippen LogP contribution in [0, 0.1) is 12.8 Å². The Balaban J connectivity index is 1.48. The van der Waals surface area contributed by atoms with Gasteiger partial charge in [-0.1, -0.05) is 31.5 Å². The van der Waals surface area contributed by atoms with E-state index in [1.165, 1.54) is 0 Å². The molecule has 1 aliphatic rings. The zero-order valence-corrected chi connectivity index (χ0v) is 18.1. The van der Waals surface area contributed by atoms with Crippen LogP contribution in [0.2, 0.25) is 5.02 Å². The Bertz CT molecular complexity index is 1000. The summed E-state index contributed by atoms with van der Waals surface area (Å²) in [4.78, 5) is 19.2. The molecule has 0 N–H and O–H groups in total. The number of carbonyl (C=O) groups excluding carboxylic acids is 1. The first-order valence-corrected chi connectivity index (χ1v) is 10.9. The van der Waals surface area contributed by atoms with E-state index in [4.69, 9.17) is 11.6 Å². The molecule has 1 aromatic carbocycles. The fourth-order valence-corrected chi connectivity index (χ4v) is 5.01. The van der Waals surface area contributed by atoms with Crippen molar-refractivity contribution in [1.82, 2.24) is 14.7 Å². The van der Waals surface area contributed by atoms with E-state index < -0.39 is 0 Å². The molecule has 3 aromatic rings. The molecule has 0 saturated carbocycles. The van der Waals surface area contributed by atoms with Crippen LogP contribution in [-0.4, -0.2) is 46.8 Å². The van der Waals surface area contributed by atoms with E-state index in [1.54, 1.807) is 11.3 Å². The molecule has 0 atom stereocenters. The molecule has 1 saturated heterocycles. The maximum absolute atomic E-state index is 13.1. The number of carbonyl (C=O) groups is 1. The van der Waals surface area contributed by atoms with Crippen LogP contribution in [0.1, 0.15) is 29.2 Å². The van der Waals surface area contributed by atoms with E-state index in [1.807, 2.05) is 40.8 Å². The smallest absolute Gasteiger partial charge is 0.264 e. The second-order valence-corrected chi connectivity index (χ2v) is 9.22. The number of hydrogen-bond donors (Lipinski definition) is 0. The van der Waals surface area contributed by atoms with Crippen molar-refractivity contribution in [1.29, 1.82) is 0 Å². The number of halogens is 1. The van der Waals surface area contributed by atoms with Crippen LogP contribution < -0.4 is 4.90 Å². The second-order valence-electron chi connectivity index (χ2n) is 7.75. The first kappa shape index (κ1) is 19.3. The van der Waals surface area contributed by atoms with Crippen molar-refractivity contribution in [3.63, 3.8) is 0 Å². The van der Waals surface area contributed by atoms with Crippen molar-refractivity contribution < 1.29 is 4.79 Å². The molecule has 3 heterocycles. The zero-order chi connectivity index (χ0) is 19.8. The number of amides is 1. The average Bonchev–Trinajstić information content (AvgIpc) is 3.22. The summed E-state index contributed by atoms with van der Waals surface area (Å²) in [6, 6.07) is 9.92. The zero-order valence-electron chi connectivity index (χ0n) is 16.5. The summed E-state index contributed by atoms with van der Waals surface area (Å²) < 4.78 is 2.05. The molecular weight excluding hydrogens is 392 g/mol. The number of anilines is 1. The Morgan fingerprint density at radius 3 is 2.64 bits per heavy atom. The van der Waals surface area contributed by atoms with Gasteiger partial charge in [0.2, 0.25) is 0 Å². The Morgan fingerprint density at radius 2 is 1.96 bits per heavy atom. The third-order valence-electron chi connectivity index (χ3n) is 5.10. The number of hydrogen-bond acceptors (Lipinski definition) is 4. The third kappa shape index (κ3) is 3.76. The highest BCUT2D eigenvalue weighted by atomic mass is 35.5. The molecule has 0 bridgehead atoms. The van der Waals surface area contributed by atoms with Crippen LogP contribution in [0.15, 0.2) is 30.3 Å². The molecule has 7 heteroatoms. The standard InChI is InChI=1S/C21H25ClN4OS/c1-14(2)13-26-21-18(15(3)23-26)12-19(28-21)20(27)25-9-7-24(8-10-25)17-6-4-5-16(22)11-17/h4-6,11-12,14H,7-10,13H2,1-3H3. The van der Waals surface area contributed by atoms with Gasteiger partial charge < -0.3 is 9.80 Å². The summed E-state index contributed by atoms with van der Waals surface area (Å²) in [5.41, 5.74) is 2.11. The molecule has 148 valence electrons. The van der Waals surface area contributed by atoms with Gasteiger partial charge in [0.05, 0.1) is 10.6 Å². The van der Waals surface area contributed by atoms with Crippen LogP contribution in [-0.2, 0) is 6.54 Å². The SMILES string of the molecule is Cc1nn(CC(C)C)c2sc(C(=O)N3CCN(c4cccc(Cl)c4)CC3)cc12. The van der Waals surface area contributed by atoms with Crippen molar-refractivity contribution in [2.45, 2.75) is 27.3 Å². The van der Waals surface area contributed by atoms with Crippen LogP contribution >= 0.6 is 22.9 Å². The highest BCUT2D eigenvalue weighted by Gasteiger charge is 2.25. The van der Waals surface area contributed by atoms with Gasteiger partial charge in [-0.3, -0.25) is 9.48 Å². The van der Waals surface area contributed by atoms with Gasteiger partial charge in [-0.15, -0.1) is 11.3 Å². The number of rotatable bonds is 4. The van der Waals surface area contributed by atoms with Crippen LogP contribution in [0.4, 0.5) is 5.69 Å². The molecule has 28 heavy (non-hydrogen) atoms. The summed E-state index contributed by atoms with van der Waals surface area (Å²) in [7, 11) is 0. The lowest BCUT2D eigenvalue weighted by molar-refractivity contribution is 0.0751. The molecule has 4 rings (SSSR count). The minimum absolute atomic E-state index is 0.127. The predicted octanol–water partition coefficient (Wildman–Crippen LogP) is 4.68. The maximum atomic E-state index is 13.1. The monoisotopic (exact) mass is 416 g/mol. The largest absolute Gasteiger partial charge is 0.368 e. The van der Waals surface area contributed by atoms with Crippen LogP contribution in [0.5, 0.6) is 0 Å². The first-order chi connectivity index (χ1) is 13.4. The molecule has 1 fully saturated rings. The highest BCUT2D eigenvalue weighted by Crippen LogP contribution is 2.30. The summed E-state index contributed by atoms with van der Waals surface area (Å²) >= 11 is 7.68. The van der Waals surface area contributed by atoms with Crippen molar-refractivity contribution >= 4 is 44.7 Å². The number of benzene rings is 1. The highest BCUT2D eigenvalue weighted by molar-refractivity contribution is 7.20. The van der Waals surface area contributed by atoms with E-state index in [9.17, 15) is 4.79 Å². The van der Waals surface area contributed by atoms with Gasteiger partial charge in [-0.05, 0) is 37.1 Å². The molecule has 0 radical (unpaired) electrons. The lowest BCUT2D eigenvalue weighted by Gasteiger charge is -2.36. The van der Waals surface area contributed by atoms with Gasteiger partial charge in [0, 0.05) is 48.8 Å². The summed E-state index contributed by atoms with van der Waals surface area (Å²) in [5, 5.41) is 6.48. The van der Waals surface area contributed by atoms with Crippen molar-refractivity contribution in [3.05, 3.63) is 45.9 Å². The fourth-order valence-electron chi connectivity index (χ4n) is 3.68. The molecular formula is C21H25ClN4OS. The van der Waals surface area contributed by atoms with Gasteiger partial charge in [0.1, 0.15) is 4.83 Å². The molecule has 0 aliphatic carbocycles. The second kappa shape index (κ2) is 7.76. The minimum Gasteiger partial charge on any atom is -0.368 e. The number of aryl methyl sites for hydroxylation is 1. The van der Waals surface area contributed by atoms with Gasteiger partial charge in [0.25, 0.3) is 5.91 Å². The fraction of sp³-hybridized carbons (Fsp3) is 0.429. The van der Waals surface area contributed by atoms with E-state index in [2.05, 4.69) is 29.9 Å². The maximum Gasteiger partial charge on any atom is 0.264 e. The Kier molecular flexibility index (Phi) is 5.34.